The molecule has 43 heavy (non-hydrogen) atoms. The lowest BCUT2D eigenvalue weighted by molar-refractivity contribution is 0.0526. The van der Waals surface area contributed by atoms with E-state index in [1.807, 2.05) is 19.1 Å². The first-order valence-corrected chi connectivity index (χ1v) is 18.0. The molecule has 2 rings (SSSR count). The van der Waals surface area contributed by atoms with E-state index < -0.39 is 0 Å². The van der Waals surface area contributed by atoms with E-state index >= 15 is 0 Å². The number of carbonyl (C=O) groups is 1. The minimum absolute atomic E-state index is 0.305. The molecule has 0 atom stereocenters. The molecule has 0 unspecified atom stereocenters. The quantitative estimate of drug-likeness (QED) is 0.0621. The van der Waals surface area contributed by atoms with E-state index in [-0.39, 0.29) is 5.97 Å². The fraction of sp³-hybridized carbons (Fsp3) is 0.667. The highest BCUT2D eigenvalue weighted by Gasteiger charge is 2.07. The molecule has 0 bridgehead atoms. The van der Waals surface area contributed by atoms with Gasteiger partial charge in [0.15, 0.2) is 0 Å². The highest BCUT2D eigenvalue weighted by molar-refractivity contribution is 5.89. The van der Waals surface area contributed by atoms with Crippen molar-refractivity contribution >= 4 is 17.3 Å². The second-order valence-electron chi connectivity index (χ2n) is 12.3. The topological polar surface area (TPSA) is 51.0 Å². The lowest BCUT2D eigenvalue weighted by Crippen LogP contribution is -2.03. The Kier molecular flexibility index (Phi) is 21.3. The van der Waals surface area contributed by atoms with Crippen LogP contribution in [0.25, 0.3) is 0 Å². The molecule has 4 nitrogen and oxygen atoms in total. The first-order chi connectivity index (χ1) is 21.2. The number of nitrogens with zero attached hydrogens (tertiary/aromatic N) is 2. The molecule has 0 saturated carbocycles. The molecule has 0 saturated heterocycles. The maximum atomic E-state index is 11.9. The van der Waals surface area contributed by atoms with Crippen LogP contribution in [-0.2, 0) is 17.6 Å². The highest BCUT2D eigenvalue weighted by atomic mass is 16.5. The third-order valence-electron chi connectivity index (χ3n) is 8.45. The van der Waals surface area contributed by atoms with Crippen molar-refractivity contribution in [2.24, 2.45) is 10.2 Å². The van der Waals surface area contributed by atoms with Gasteiger partial charge < -0.3 is 4.74 Å². The summed E-state index contributed by atoms with van der Waals surface area (Å²) >= 11 is 0. The number of azo groups is 1. The second-order valence-corrected chi connectivity index (χ2v) is 12.3. The molecule has 240 valence electrons. The number of esters is 1. The Bertz CT molecular complexity index is 999. The summed E-state index contributed by atoms with van der Waals surface area (Å²) < 4.78 is 5.07. The van der Waals surface area contributed by atoms with Crippen molar-refractivity contribution < 1.29 is 9.53 Å². The van der Waals surface area contributed by atoms with Gasteiger partial charge in [-0.2, -0.15) is 10.2 Å². The van der Waals surface area contributed by atoms with Crippen LogP contribution in [-0.4, -0.2) is 12.6 Å². The highest BCUT2D eigenvalue weighted by Crippen LogP contribution is 2.25. The molecule has 4 heteroatoms. The molecule has 0 aromatic heterocycles. The van der Waals surface area contributed by atoms with Gasteiger partial charge in [0, 0.05) is 0 Å². The Morgan fingerprint density at radius 1 is 0.512 bits per heavy atom. The molecule has 0 aliphatic heterocycles. The van der Waals surface area contributed by atoms with Crippen LogP contribution in [0.4, 0.5) is 11.4 Å². The standard InChI is InChI=1S/C39H62N2O2/c1-4-7-9-11-13-15-17-19-21-23-25-34-27-32-38(41-40-37-30-28-35(29-31-37)39(42)43-6-3)33-36(34)26-24-22-20-18-16-14-12-10-8-5-2/h27-33H,4-26H2,1-3H3. The Balaban J connectivity index is 1.87. The second kappa shape index (κ2) is 24.9. The van der Waals surface area contributed by atoms with E-state index in [1.165, 1.54) is 140 Å². The number of hydrogen-bond donors (Lipinski definition) is 0. The largest absolute Gasteiger partial charge is 0.462 e. The first kappa shape index (κ1) is 36.7. The maximum absolute atomic E-state index is 11.9. The monoisotopic (exact) mass is 590 g/mol. The number of hydrogen-bond acceptors (Lipinski definition) is 4. The molecule has 0 N–H and O–H groups in total. The smallest absolute Gasteiger partial charge is 0.338 e. The van der Waals surface area contributed by atoms with Gasteiger partial charge in [-0.25, -0.2) is 4.79 Å². The average molecular weight is 591 g/mol. The Morgan fingerprint density at radius 2 is 0.930 bits per heavy atom. The van der Waals surface area contributed by atoms with Gasteiger partial charge in [-0.05, 0) is 80.1 Å². The molecular weight excluding hydrogens is 528 g/mol. The summed E-state index contributed by atoms with van der Waals surface area (Å²) in [6, 6.07) is 13.8. The van der Waals surface area contributed by atoms with Gasteiger partial charge in [0.25, 0.3) is 0 Å². The number of benzene rings is 2. The number of unbranched alkanes of at least 4 members (excludes halogenated alkanes) is 18. The molecule has 0 spiro atoms. The van der Waals surface area contributed by atoms with Crippen molar-refractivity contribution in [3.63, 3.8) is 0 Å². The lowest BCUT2D eigenvalue weighted by Gasteiger charge is -2.11. The number of carbonyl (C=O) groups excluding carboxylic acids is 1. The van der Waals surface area contributed by atoms with Gasteiger partial charge >= 0.3 is 5.97 Å². The van der Waals surface area contributed by atoms with E-state index in [9.17, 15) is 4.79 Å². The van der Waals surface area contributed by atoms with Gasteiger partial charge in [0.2, 0.25) is 0 Å². The first-order valence-electron chi connectivity index (χ1n) is 18.0. The van der Waals surface area contributed by atoms with Gasteiger partial charge in [0.05, 0.1) is 23.5 Å². The summed E-state index contributed by atoms with van der Waals surface area (Å²) in [7, 11) is 0. The van der Waals surface area contributed by atoms with Gasteiger partial charge in [-0.1, -0.05) is 135 Å². The summed E-state index contributed by atoms with van der Waals surface area (Å²) in [5.41, 5.74) is 5.12. The van der Waals surface area contributed by atoms with E-state index in [1.54, 1.807) is 12.1 Å². The fourth-order valence-corrected chi connectivity index (χ4v) is 5.75. The fourth-order valence-electron chi connectivity index (χ4n) is 5.75. The van der Waals surface area contributed by atoms with E-state index in [2.05, 4.69) is 42.3 Å². The normalized spacial score (nSPS) is 11.4. The van der Waals surface area contributed by atoms with Crippen molar-refractivity contribution in [3.05, 3.63) is 59.2 Å². The van der Waals surface area contributed by atoms with E-state index in [4.69, 9.17) is 4.74 Å². The summed E-state index contributed by atoms with van der Waals surface area (Å²) in [4.78, 5) is 11.9. The number of rotatable bonds is 26. The zero-order valence-corrected chi connectivity index (χ0v) is 28.0. The minimum atomic E-state index is -0.305. The Labute approximate surface area is 264 Å². The van der Waals surface area contributed by atoms with E-state index in [0.29, 0.717) is 12.2 Å². The zero-order chi connectivity index (χ0) is 30.8. The van der Waals surface area contributed by atoms with Crippen LogP contribution in [0, 0.1) is 0 Å². The third-order valence-corrected chi connectivity index (χ3v) is 8.45. The average Bonchev–Trinajstić information content (AvgIpc) is 3.03. The molecule has 2 aromatic carbocycles. The van der Waals surface area contributed by atoms with Crippen LogP contribution in [0.3, 0.4) is 0 Å². The molecule has 0 aliphatic carbocycles. The van der Waals surface area contributed by atoms with Crippen LogP contribution >= 0.6 is 0 Å². The lowest BCUT2D eigenvalue weighted by atomic mass is 9.95. The molecule has 0 heterocycles. The SMILES string of the molecule is CCCCCCCCCCCCc1ccc(N=Nc2ccc(C(=O)OCC)cc2)cc1CCCCCCCCCCCC. The van der Waals surface area contributed by atoms with Crippen molar-refractivity contribution in [2.45, 2.75) is 162 Å². The van der Waals surface area contributed by atoms with Gasteiger partial charge in [-0.15, -0.1) is 0 Å². The summed E-state index contributed by atoms with van der Waals surface area (Å²) in [5.74, 6) is -0.305. The molecule has 0 aliphatic rings. The van der Waals surface area contributed by atoms with Crippen molar-refractivity contribution in [1.29, 1.82) is 0 Å². The molecule has 0 radical (unpaired) electrons. The van der Waals surface area contributed by atoms with Crippen LogP contribution in [0.1, 0.15) is 171 Å². The third kappa shape index (κ3) is 17.4. The van der Waals surface area contributed by atoms with Crippen LogP contribution in [0.2, 0.25) is 0 Å². The summed E-state index contributed by atoms with van der Waals surface area (Å²) in [5, 5.41) is 9.00. The number of ether oxygens (including phenoxy) is 1. The maximum Gasteiger partial charge on any atom is 0.338 e. The van der Waals surface area contributed by atoms with Gasteiger partial charge in [0.1, 0.15) is 0 Å². The van der Waals surface area contributed by atoms with Gasteiger partial charge in [-0.3, -0.25) is 0 Å². The molecule has 0 amide bonds. The van der Waals surface area contributed by atoms with Crippen molar-refractivity contribution in [1.82, 2.24) is 0 Å². The van der Waals surface area contributed by atoms with E-state index in [0.717, 1.165) is 24.2 Å². The minimum Gasteiger partial charge on any atom is -0.462 e. The predicted molar refractivity (Wildman–Crippen MR) is 184 cm³/mol. The predicted octanol–water partition coefficient (Wildman–Crippen LogP) is 13.2. The Morgan fingerprint density at radius 3 is 1.42 bits per heavy atom. The van der Waals surface area contributed by atoms with Crippen LogP contribution in [0.5, 0.6) is 0 Å². The van der Waals surface area contributed by atoms with Crippen LogP contribution < -0.4 is 0 Å². The van der Waals surface area contributed by atoms with Crippen molar-refractivity contribution in [3.8, 4) is 0 Å². The summed E-state index contributed by atoms with van der Waals surface area (Å²) in [6.07, 6.45) is 29.6. The molecular formula is C39H62N2O2. The zero-order valence-electron chi connectivity index (χ0n) is 28.0. The van der Waals surface area contributed by atoms with Crippen LogP contribution in [0.15, 0.2) is 52.7 Å². The van der Waals surface area contributed by atoms with Crippen molar-refractivity contribution in [2.75, 3.05) is 6.61 Å². The summed E-state index contributed by atoms with van der Waals surface area (Å²) in [6.45, 7) is 6.76. The molecule has 2 aromatic rings. The Hall–Kier alpha value is -2.49. The molecule has 0 fully saturated rings. The number of aryl methyl sites for hydroxylation is 2.